The number of nitrogens with zero attached hydrogens (tertiary/aromatic N) is 1. The average Bonchev–Trinajstić information content (AvgIpc) is 2.63. The fraction of sp³-hybridized carbons (Fsp3) is 0.381. The van der Waals surface area contributed by atoms with Gasteiger partial charge in [0.15, 0.2) is 0 Å². The molecule has 25 heavy (non-hydrogen) atoms. The Kier molecular flexibility index (Phi) is 4.53. The van der Waals surface area contributed by atoms with Gasteiger partial charge in [0, 0.05) is 29.3 Å². The van der Waals surface area contributed by atoms with Gasteiger partial charge in [-0.25, -0.2) is 0 Å². The minimum Gasteiger partial charge on any atom is -0.381 e. The van der Waals surface area contributed by atoms with E-state index in [0.717, 1.165) is 48.9 Å². The van der Waals surface area contributed by atoms with E-state index < -0.39 is 0 Å². The molecule has 2 heterocycles. The van der Waals surface area contributed by atoms with Crippen molar-refractivity contribution in [2.75, 3.05) is 18.5 Å². The van der Waals surface area contributed by atoms with Gasteiger partial charge in [-0.2, -0.15) is 0 Å². The lowest BCUT2D eigenvalue weighted by atomic mass is 9.71. The topological polar surface area (TPSA) is 33.6 Å². The smallest absolute Gasteiger partial charge is 0.108 e. The quantitative estimate of drug-likeness (QED) is 0.797. The Labute approximate surface area is 154 Å². The molecule has 1 fully saturated rings. The number of hydrogen-bond acceptors (Lipinski definition) is 2. The van der Waals surface area contributed by atoms with Crippen molar-refractivity contribution in [3.05, 3.63) is 64.7 Å². The van der Waals surface area contributed by atoms with Crippen LogP contribution in [0.1, 0.15) is 36.9 Å². The first kappa shape index (κ1) is 16.6. The molecule has 0 aliphatic carbocycles. The number of halogens is 1. The summed E-state index contributed by atoms with van der Waals surface area (Å²) in [5.41, 5.74) is 3.65. The monoisotopic (exact) mass is 354 g/mol. The first-order valence-electron chi connectivity index (χ1n) is 8.93. The lowest BCUT2D eigenvalue weighted by molar-refractivity contribution is 0.0448. The molecular weight excluding hydrogens is 332 g/mol. The third-order valence-electron chi connectivity index (χ3n) is 5.43. The normalized spacial score (nSPS) is 21.6. The van der Waals surface area contributed by atoms with Crippen LogP contribution in [0.3, 0.4) is 0 Å². The second kappa shape index (κ2) is 6.81. The van der Waals surface area contributed by atoms with Gasteiger partial charge in [0.1, 0.15) is 5.84 Å². The molecule has 1 saturated heterocycles. The zero-order valence-corrected chi connectivity index (χ0v) is 15.2. The van der Waals surface area contributed by atoms with Crippen LogP contribution >= 0.6 is 11.6 Å². The van der Waals surface area contributed by atoms with Gasteiger partial charge in [-0.1, -0.05) is 48.0 Å². The maximum absolute atomic E-state index is 6.39. The number of ether oxygens (including phenoxy) is 1. The minimum atomic E-state index is 0.0150. The molecule has 3 nitrogen and oxygen atoms in total. The zero-order valence-electron chi connectivity index (χ0n) is 14.5. The van der Waals surface area contributed by atoms with E-state index in [-0.39, 0.29) is 11.5 Å². The van der Waals surface area contributed by atoms with E-state index in [1.165, 1.54) is 11.3 Å². The lowest BCUT2D eigenvalue weighted by Gasteiger charge is -2.42. The summed E-state index contributed by atoms with van der Waals surface area (Å²) in [5.74, 6) is 1.09. The zero-order chi connectivity index (χ0) is 17.3. The van der Waals surface area contributed by atoms with Crippen LogP contribution in [-0.2, 0) is 11.2 Å². The van der Waals surface area contributed by atoms with Crippen molar-refractivity contribution in [2.45, 2.75) is 32.2 Å². The van der Waals surface area contributed by atoms with Crippen molar-refractivity contribution >= 4 is 23.1 Å². The first-order valence-corrected chi connectivity index (χ1v) is 9.31. The summed E-state index contributed by atoms with van der Waals surface area (Å²) in [6.45, 7) is 3.70. The number of rotatable bonds is 2. The second-order valence-electron chi connectivity index (χ2n) is 7.03. The Balaban J connectivity index is 1.73. The van der Waals surface area contributed by atoms with Crippen molar-refractivity contribution in [3.8, 4) is 0 Å². The van der Waals surface area contributed by atoms with Crippen LogP contribution in [-0.4, -0.2) is 19.0 Å². The first-order chi connectivity index (χ1) is 12.2. The van der Waals surface area contributed by atoms with Crippen LogP contribution in [0.25, 0.3) is 0 Å². The summed E-state index contributed by atoms with van der Waals surface area (Å²) in [4.78, 5) is 5.11. The van der Waals surface area contributed by atoms with Crippen molar-refractivity contribution < 1.29 is 4.74 Å². The molecule has 0 bridgehead atoms. The highest BCUT2D eigenvalue weighted by molar-refractivity contribution is 6.31. The summed E-state index contributed by atoms with van der Waals surface area (Å²) in [6, 6.07) is 16.5. The maximum Gasteiger partial charge on any atom is 0.108 e. The van der Waals surface area contributed by atoms with Crippen molar-refractivity contribution in [3.63, 3.8) is 0 Å². The van der Waals surface area contributed by atoms with Crippen LogP contribution in [0, 0.1) is 5.41 Å². The molecule has 1 atom stereocenters. The van der Waals surface area contributed by atoms with E-state index in [1.54, 1.807) is 0 Å². The van der Waals surface area contributed by atoms with E-state index in [9.17, 15) is 0 Å². The molecule has 130 valence electrons. The highest BCUT2D eigenvalue weighted by Gasteiger charge is 2.41. The van der Waals surface area contributed by atoms with Gasteiger partial charge in [-0.3, -0.25) is 4.99 Å². The van der Waals surface area contributed by atoms with E-state index in [1.807, 2.05) is 18.2 Å². The molecule has 1 spiro atoms. The molecule has 2 aromatic rings. The van der Waals surface area contributed by atoms with Crippen LogP contribution < -0.4 is 5.32 Å². The Hall–Kier alpha value is -1.84. The molecule has 0 saturated carbocycles. The number of hydrogen-bond donors (Lipinski definition) is 1. The molecule has 0 radical (unpaired) electrons. The molecule has 4 rings (SSSR count). The van der Waals surface area contributed by atoms with Crippen LogP contribution in [0.5, 0.6) is 0 Å². The standard InChI is InChI=1S/C21H23ClN2O/c1-15(17-7-3-4-8-18(17)22)23-20-21(10-12-25-13-11-21)14-16-6-2-5-9-19(16)24-20/h2-9,15H,10-14H2,1H3,(H,23,24). The highest BCUT2D eigenvalue weighted by Crippen LogP contribution is 2.42. The largest absolute Gasteiger partial charge is 0.381 e. The number of nitrogens with one attached hydrogen (secondary N) is 1. The van der Waals surface area contributed by atoms with Gasteiger partial charge < -0.3 is 10.1 Å². The van der Waals surface area contributed by atoms with Gasteiger partial charge in [0.05, 0.1) is 6.04 Å². The molecule has 2 aliphatic rings. The van der Waals surface area contributed by atoms with E-state index in [4.69, 9.17) is 21.3 Å². The Morgan fingerprint density at radius 2 is 1.80 bits per heavy atom. The molecule has 0 aromatic heterocycles. The number of fused-ring (bicyclic) bond motifs is 1. The van der Waals surface area contributed by atoms with Gasteiger partial charge in [-0.05, 0) is 49.4 Å². The summed E-state index contributed by atoms with van der Waals surface area (Å²) >= 11 is 6.39. The van der Waals surface area contributed by atoms with Crippen LogP contribution in [0.2, 0.25) is 5.02 Å². The second-order valence-corrected chi connectivity index (χ2v) is 7.43. The molecule has 0 amide bonds. The van der Waals surface area contributed by atoms with Crippen molar-refractivity contribution in [1.82, 2.24) is 0 Å². The minimum absolute atomic E-state index is 0.0150. The molecule has 1 N–H and O–H groups in total. The number of benzene rings is 2. The van der Waals surface area contributed by atoms with Crippen LogP contribution in [0.4, 0.5) is 5.69 Å². The maximum atomic E-state index is 6.39. The molecule has 4 heteroatoms. The van der Waals surface area contributed by atoms with Gasteiger partial charge >= 0.3 is 0 Å². The fourth-order valence-corrected chi connectivity index (χ4v) is 4.22. The Bertz CT molecular complexity index is 796. The van der Waals surface area contributed by atoms with Crippen molar-refractivity contribution in [1.29, 1.82) is 0 Å². The van der Waals surface area contributed by atoms with Crippen molar-refractivity contribution in [2.24, 2.45) is 10.4 Å². The molecule has 2 aliphatic heterocycles. The lowest BCUT2D eigenvalue weighted by Crippen LogP contribution is -2.46. The van der Waals surface area contributed by atoms with Gasteiger partial charge in [0.25, 0.3) is 0 Å². The molecule has 2 aromatic carbocycles. The average molecular weight is 355 g/mol. The highest BCUT2D eigenvalue weighted by atomic mass is 35.5. The fourth-order valence-electron chi connectivity index (χ4n) is 3.93. The SMILES string of the molecule is CC(N=C1Nc2ccccc2CC12CCOCC2)c1ccccc1Cl. The van der Waals surface area contributed by atoms with E-state index in [2.05, 4.69) is 42.6 Å². The predicted octanol–water partition coefficient (Wildman–Crippen LogP) is 5.26. The third-order valence-corrected chi connectivity index (χ3v) is 5.77. The van der Waals surface area contributed by atoms with E-state index in [0.29, 0.717) is 0 Å². The summed E-state index contributed by atoms with van der Waals surface area (Å²) in [7, 11) is 0. The summed E-state index contributed by atoms with van der Waals surface area (Å²) in [6.07, 6.45) is 3.03. The predicted molar refractivity (Wildman–Crippen MR) is 104 cm³/mol. The Morgan fingerprint density at radius 3 is 2.60 bits per heavy atom. The summed E-state index contributed by atoms with van der Waals surface area (Å²) < 4.78 is 5.64. The number of amidine groups is 1. The number of para-hydroxylation sites is 1. The number of anilines is 1. The third kappa shape index (κ3) is 3.19. The summed E-state index contributed by atoms with van der Waals surface area (Å²) in [5, 5.41) is 4.40. The Morgan fingerprint density at radius 1 is 1.08 bits per heavy atom. The number of aliphatic imine (C=N–C) groups is 1. The van der Waals surface area contributed by atoms with Gasteiger partial charge in [-0.15, -0.1) is 0 Å². The van der Waals surface area contributed by atoms with E-state index >= 15 is 0 Å². The molecular formula is C21H23ClN2O. The van der Waals surface area contributed by atoms with Gasteiger partial charge in [0.2, 0.25) is 0 Å². The van der Waals surface area contributed by atoms with Crippen LogP contribution in [0.15, 0.2) is 53.5 Å². The molecule has 1 unspecified atom stereocenters.